The molecule has 0 fully saturated rings. The molecule has 2 N–H and O–H groups in total. The van der Waals surface area contributed by atoms with E-state index in [1.165, 1.54) is 11.1 Å². The average Bonchev–Trinajstić information content (AvgIpc) is 2.52. The highest BCUT2D eigenvalue weighted by molar-refractivity contribution is 6.33. The Hall–Kier alpha value is -2.25. The summed E-state index contributed by atoms with van der Waals surface area (Å²) in [6.45, 7) is 0. The largest absolute Gasteiger partial charge is 0.398 e. The Balaban J connectivity index is 1.82. The molecule has 0 radical (unpaired) electrons. The van der Waals surface area contributed by atoms with Crippen LogP contribution in [0.25, 0.3) is 11.1 Å². The highest BCUT2D eigenvalue weighted by Gasteiger charge is 2.02. The van der Waals surface area contributed by atoms with Crippen molar-refractivity contribution < 1.29 is 0 Å². The molecule has 2 heteroatoms. The Kier molecular flexibility index (Phi) is 3.94. The average molecular weight is 294 g/mol. The predicted octanol–water partition coefficient (Wildman–Crippen LogP) is 5.18. The summed E-state index contributed by atoms with van der Waals surface area (Å²) >= 11 is 5.96. The van der Waals surface area contributed by atoms with Crippen molar-refractivity contribution >= 4 is 17.3 Å². The number of rotatable bonds is 3. The van der Waals surface area contributed by atoms with Crippen LogP contribution >= 0.6 is 11.6 Å². The van der Waals surface area contributed by atoms with Crippen LogP contribution in [0.5, 0.6) is 0 Å². The van der Waals surface area contributed by atoms with Crippen LogP contribution < -0.4 is 5.73 Å². The van der Waals surface area contributed by atoms with Crippen LogP contribution in [0.2, 0.25) is 5.02 Å². The monoisotopic (exact) mass is 293 g/mol. The molecule has 3 aromatic rings. The lowest BCUT2D eigenvalue weighted by molar-refractivity contribution is 1.19. The van der Waals surface area contributed by atoms with Crippen molar-refractivity contribution in [3.63, 3.8) is 0 Å². The zero-order valence-corrected chi connectivity index (χ0v) is 12.3. The van der Waals surface area contributed by atoms with Gasteiger partial charge in [0.2, 0.25) is 0 Å². The molecule has 0 heterocycles. The van der Waals surface area contributed by atoms with Crippen LogP contribution in [0.3, 0.4) is 0 Å². The zero-order chi connectivity index (χ0) is 14.7. The lowest BCUT2D eigenvalue weighted by Gasteiger charge is -2.06. The van der Waals surface area contributed by atoms with Gasteiger partial charge in [-0.25, -0.2) is 0 Å². The lowest BCUT2D eigenvalue weighted by Crippen LogP contribution is -1.89. The summed E-state index contributed by atoms with van der Waals surface area (Å²) in [4.78, 5) is 0. The van der Waals surface area contributed by atoms with Gasteiger partial charge >= 0.3 is 0 Å². The number of anilines is 1. The van der Waals surface area contributed by atoms with Gasteiger partial charge in [0.05, 0.1) is 10.7 Å². The minimum Gasteiger partial charge on any atom is -0.398 e. The van der Waals surface area contributed by atoms with Crippen molar-refractivity contribution in [2.75, 3.05) is 5.73 Å². The standard InChI is InChI=1S/C19H16ClN/c20-18-11-10-17(13-19(18)21)16-8-6-15(7-9-16)12-14-4-2-1-3-5-14/h1-11,13H,12,21H2. The zero-order valence-electron chi connectivity index (χ0n) is 11.6. The summed E-state index contributed by atoms with van der Waals surface area (Å²) in [5, 5.41) is 0.597. The van der Waals surface area contributed by atoms with Crippen LogP contribution in [-0.2, 0) is 6.42 Å². The van der Waals surface area contributed by atoms with Gasteiger partial charge in [-0.05, 0) is 40.8 Å². The fraction of sp³-hybridized carbons (Fsp3) is 0.0526. The molecule has 0 saturated heterocycles. The molecule has 0 bridgehead atoms. The first kappa shape index (κ1) is 13.7. The second-order valence-corrected chi connectivity index (χ2v) is 5.50. The van der Waals surface area contributed by atoms with Crippen molar-refractivity contribution in [2.45, 2.75) is 6.42 Å². The minimum atomic E-state index is 0.597. The van der Waals surface area contributed by atoms with Gasteiger partial charge in [0, 0.05) is 0 Å². The van der Waals surface area contributed by atoms with Crippen LogP contribution in [0, 0.1) is 0 Å². The van der Waals surface area contributed by atoms with E-state index in [2.05, 4.69) is 48.5 Å². The Bertz CT molecular complexity index is 733. The summed E-state index contributed by atoms with van der Waals surface area (Å²) in [7, 11) is 0. The van der Waals surface area contributed by atoms with Crippen molar-refractivity contribution in [3.05, 3.63) is 88.9 Å². The molecular formula is C19H16ClN. The summed E-state index contributed by atoms with van der Waals surface area (Å²) < 4.78 is 0. The third-order valence-corrected chi connectivity index (χ3v) is 3.88. The van der Waals surface area contributed by atoms with E-state index < -0.39 is 0 Å². The molecule has 21 heavy (non-hydrogen) atoms. The summed E-state index contributed by atoms with van der Waals surface area (Å²) in [6, 6.07) is 24.8. The van der Waals surface area contributed by atoms with Crippen molar-refractivity contribution in [1.29, 1.82) is 0 Å². The number of nitrogens with two attached hydrogens (primary N) is 1. The van der Waals surface area contributed by atoms with Gasteiger partial charge in [-0.2, -0.15) is 0 Å². The van der Waals surface area contributed by atoms with E-state index in [1.54, 1.807) is 0 Å². The van der Waals surface area contributed by atoms with E-state index in [0.29, 0.717) is 10.7 Å². The van der Waals surface area contributed by atoms with E-state index in [-0.39, 0.29) is 0 Å². The molecule has 3 aromatic carbocycles. The van der Waals surface area contributed by atoms with Crippen molar-refractivity contribution in [1.82, 2.24) is 0 Å². The van der Waals surface area contributed by atoms with Gasteiger partial charge in [0.1, 0.15) is 0 Å². The first-order chi connectivity index (χ1) is 10.2. The van der Waals surface area contributed by atoms with E-state index in [0.717, 1.165) is 17.5 Å². The van der Waals surface area contributed by atoms with Gasteiger partial charge in [-0.15, -0.1) is 0 Å². The van der Waals surface area contributed by atoms with Crippen LogP contribution in [-0.4, -0.2) is 0 Å². The first-order valence-electron chi connectivity index (χ1n) is 6.90. The Morgan fingerprint density at radius 1 is 0.714 bits per heavy atom. The second kappa shape index (κ2) is 6.02. The topological polar surface area (TPSA) is 26.0 Å². The summed E-state index contributed by atoms with van der Waals surface area (Å²) in [5.41, 5.74) is 11.3. The molecule has 104 valence electrons. The molecule has 0 spiro atoms. The third-order valence-electron chi connectivity index (χ3n) is 3.53. The quantitative estimate of drug-likeness (QED) is 0.662. The van der Waals surface area contributed by atoms with Crippen LogP contribution in [0.1, 0.15) is 11.1 Å². The Morgan fingerprint density at radius 3 is 2.00 bits per heavy atom. The number of nitrogen functional groups attached to an aromatic ring is 1. The molecule has 1 nitrogen and oxygen atoms in total. The Morgan fingerprint density at radius 2 is 1.33 bits per heavy atom. The third kappa shape index (κ3) is 3.26. The number of hydrogen-bond donors (Lipinski definition) is 1. The maximum atomic E-state index is 5.96. The van der Waals surface area contributed by atoms with Gasteiger partial charge < -0.3 is 5.73 Å². The molecule has 3 rings (SSSR count). The molecule has 0 unspecified atom stereocenters. The first-order valence-corrected chi connectivity index (χ1v) is 7.28. The van der Waals surface area contributed by atoms with E-state index in [9.17, 15) is 0 Å². The number of halogens is 1. The van der Waals surface area contributed by atoms with Gasteiger partial charge in [-0.3, -0.25) is 0 Å². The van der Waals surface area contributed by atoms with E-state index in [4.69, 9.17) is 17.3 Å². The minimum absolute atomic E-state index is 0.597. The molecule has 0 aliphatic carbocycles. The van der Waals surface area contributed by atoms with Gasteiger partial charge in [0.25, 0.3) is 0 Å². The number of hydrogen-bond acceptors (Lipinski definition) is 1. The molecule has 0 saturated carbocycles. The van der Waals surface area contributed by atoms with Crippen LogP contribution in [0.15, 0.2) is 72.8 Å². The fourth-order valence-corrected chi connectivity index (χ4v) is 2.49. The molecule has 0 aliphatic heterocycles. The van der Waals surface area contributed by atoms with Crippen LogP contribution in [0.4, 0.5) is 5.69 Å². The van der Waals surface area contributed by atoms with E-state index in [1.807, 2.05) is 24.3 Å². The van der Waals surface area contributed by atoms with E-state index >= 15 is 0 Å². The maximum absolute atomic E-state index is 5.96. The SMILES string of the molecule is Nc1cc(-c2ccc(Cc3ccccc3)cc2)ccc1Cl. The van der Waals surface area contributed by atoms with Crippen molar-refractivity contribution in [2.24, 2.45) is 0 Å². The van der Waals surface area contributed by atoms with Gasteiger partial charge in [0.15, 0.2) is 0 Å². The van der Waals surface area contributed by atoms with Gasteiger partial charge in [-0.1, -0.05) is 72.3 Å². The normalized spacial score (nSPS) is 10.5. The Labute approximate surface area is 130 Å². The number of benzene rings is 3. The molecule has 0 amide bonds. The summed E-state index contributed by atoms with van der Waals surface area (Å²) in [5.74, 6) is 0. The second-order valence-electron chi connectivity index (χ2n) is 5.10. The molecular weight excluding hydrogens is 278 g/mol. The molecule has 0 atom stereocenters. The lowest BCUT2D eigenvalue weighted by atomic mass is 10.00. The predicted molar refractivity (Wildman–Crippen MR) is 90.5 cm³/mol. The summed E-state index contributed by atoms with van der Waals surface area (Å²) in [6.07, 6.45) is 0.948. The highest BCUT2D eigenvalue weighted by atomic mass is 35.5. The smallest absolute Gasteiger partial charge is 0.0635 e. The van der Waals surface area contributed by atoms with Crippen molar-refractivity contribution in [3.8, 4) is 11.1 Å². The molecule has 0 aliphatic rings. The fourth-order valence-electron chi connectivity index (χ4n) is 2.37. The maximum Gasteiger partial charge on any atom is 0.0635 e. The molecule has 0 aromatic heterocycles. The highest BCUT2D eigenvalue weighted by Crippen LogP contribution is 2.27.